The number of ether oxygens (including phenoxy) is 2. The third kappa shape index (κ3) is 2.81. The molecule has 3 aliphatic rings. The second-order valence-corrected chi connectivity index (χ2v) is 9.58. The third-order valence-electron chi connectivity index (χ3n) is 5.39. The van der Waals surface area contributed by atoms with Crippen LogP contribution in [0.1, 0.15) is 20.3 Å². The van der Waals surface area contributed by atoms with E-state index in [9.17, 15) is 5.11 Å². The summed E-state index contributed by atoms with van der Waals surface area (Å²) in [5.41, 5.74) is 1.14. The second-order valence-electron chi connectivity index (χ2n) is 6.82. The first kappa shape index (κ1) is 17.2. The average molecular weight is 381 g/mol. The number of benzene rings is 1. The normalized spacial score (nSPS) is 39.4. The molecule has 2 bridgehead atoms. The maximum absolute atomic E-state index is 10.2. The molecule has 2 saturated heterocycles. The van der Waals surface area contributed by atoms with Crippen molar-refractivity contribution in [3.8, 4) is 0 Å². The number of fused-ring (bicyclic) bond motifs is 3. The van der Waals surface area contributed by atoms with E-state index in [1.807, 2.05) is 6.07 Å². The minimum atomic E-state index is -0.331. The van der Waals surface area contributed by atoms with Gasteiger partial charge in [-0.1, -0.05) is 0 Å². The summed E-state index contributed by atoms with van der Waals surface area (Å²) in [7, 11) is 1.72. The first-order chi connectivity index (χ1) is 11.0. The molecule has 4 rings (SSSR count). The summed E-state index contributed by atoms with van der Waals surface area (Å²) >= 11 is 0.108. The van der Waals surface area contributed by atoms with Crippen LogP contribution in [0.4, 0.5) is 0 Å². The van der Waals surface area contributed by atoms with Gasteiger partial charge in [-0.3, -0.25) is 0 Å². The van der Waals surface area contributed by atoms with Crippen LogP contribution in [0.5, 0.6) is 0 Å². The molecule has 2 heterocycles. The van der Waals surface area contributed by atoms with Gasteiger partial charge in [-0.2, -0.15) is 0 Å². The molecule has 1 aliphatic carbocycles. The Bertz CT molecular complexity index is 561. The number of hydrogen-bond donors (Lipinski definition) is 1. The average Bonchev–Trinajstić information content (AvgIpc) is 2.55. The van der Waals surface area contributed by atoms with Gasteiger partial charge < -0.3 is 0 Å². The minimum absolute atomic E-state index is 0.0976. The molecular weight excluding hydrogens is 355 g/mol. The molecule has 6 unspecified atom stereocenters. The number of aliphatic hydroxyl groups excluding tert-OH is 1. The Balaban J connectivity index is 2.03. The fourth-order valence-electron chi connectivity index (χ4n) is 4.43. The summed E-state index contributed by atoms with van der Waals surface area (Å²) in [6.07, 6.45) is 0.877. The number of rotatable bonds is 5. The van der Waals surface area contributed by atoms with Crippen LogP contribution in [-0.2, 0) is 9.47 Å². The molecule has 1 aromatic carbocycles. The third-order valence-corrected chi connectivity index (χ3v) is 8.81. The summed E-state index contributed by atoms with van der Waals surface area (Å²) < 4.78 is 13.2. The molecule has 0 spiro atoms. The molecule has 1 aromatic rings. The van der Waals surface area contributed by atoms with Crippen molar-refractivity contribution in [2.75, 3.05) is 13.7 Å². The number of allylic oxidation sites excluding steroid dienone is 1. The molecule has 0 radical (unpaired) electrons. The summed E-state index contributed by atoms with van der Waals surface area (Å²) in [5.74, 6) is 1.06. The van der Waals surface area contributed by atoms with E-state index in [1.54, 1.807) is 7.11 Å². The van der Waals surface area contributed by atoms with E-state index in [1.165, 1.54) is 4.46 Å². The van der Waals surface area contributed by atoms with Crippen molar-refractivity contribution in [3.05, 3.63) is 42.5 Å². The van der Waals surface area contributed by atoms with Crippen molar-refractivity contribution < 1.29 is 14.6 Å². The Kier molecular flexibility index (Phi) is 5.01. The predicted octanol–water partition coefficient (Wildman–Crippen LogP) is 2.17. The van der Waals surface area contributed by atoms with Crippen LogP contribution >= 0.6 is 0 Å². The Morgan fingerprint density at radius 2 is 2.13 bits per heavy atom. The van der Waals surface area contributed by atoms with Gasteiger partial charge in [-0.05, 0) is 0 Å². The summed E-state index contributed by atoms with van der Waals surface area (Å²) in [5, 5.41) is 10.2. The van der Waals surface area contributed by atoms with Crippen LogP contribution in [0, 0.1) is 23.7 Å². The van der Waals surface area contributed by atoms with E-state index < -0.39 is 0 Å². The Morgan fingerprint density at radius 1 is 1.43 bits per heavy atom. The Labute approximate surface area is 145 Å². The molecule has 0 aromatic heterocycles. The van der Waals surface area contributed by atoms with Gasteiger partial charge in [0.2, 0.25) is 0 Å². The summed E-state index contributed by atoms with van der Waals surface area (Å²) in [4.78, 5) is 0. The van der Waals surface area contributed by atoms with Crippen LogP contribution in [-0.4, -0.2) is 44.6 Å². The zero-order chi connectivity index (χ0) is 16.6. The quantitative estimate of drug-likeness (QED) is 0.628. The second kappa shape index (κ2) is 6.70. The standard InChI is InChI=1S/C19H26O3Se/c1-12(2)17-15-10-13(3)19(16(17)11-20,22-18(15)21-4)23-14-8-6-5-7-9-14/h5-9,13,15-18,20H,1,10-11H2,2-4H3. The molecule has 126 valence electrons. The molecule has 23 heavy (non-hydrogen) atoms. The van der Waals surface area contributed by atoms with Gasteiger partial charge in [0.05, 0.1) is 0 Å². The van der Waals surface area contributed by atoms with E-state index in [2.05, 4.69) is 44.7 Å². The zero-order valence-electron chi connectivity index (χ0n) is 14.1. The van der Waals surface area contributed by atoms with Crippen LogP contribution in [0.3, 0.4) is 0 Å². The van der Waals surface area contributed by atoms with Crippen molar-refractivity contribution in [1.29, 1.82) is 0 Å². The van der Waals surface area contributed by atoms with Gasteiger partial charge in [-0.25, -0.2) is 0 Å². The Hall–Kier alpha value is -0.641. The molecule has 4 heteroatoms. The fraction of sp³-hybridized carbons (Fsp3) is 0.579. The van der Waals surface area contributed by atoms with E-state index >= 15 is 0 Å². The van der Waals surface area contributed by atoms with E-state index in [-0.39, 0.29) is 50.1 Å². The SMILES string of the molecule is C=C(C)C1C2CC(C)C([Se]c3ccccc3)(OC2OC)C1CO. The van der Waals surface area contributed by atoms with Gasteiger partial charge in [0.15, 0.2) is 0 Å². The molecule has 1 saturated carbocycles. The van der Waals surface area contributed by atoms with Gasteiger partial charge >= 0.3 is 145 Å². The summed E-state index contributed by atoms with van der Waals surface area (Å²) in [6.45, 7) is 8.70. The van der Waals surface area contributed by atoms with E-state index in [0.29, 0.717) is 5.92 Å². The summed E-state index contributed by atoms with van der Waals surface area (Å²) in [6, 6.07) is 10.5. The number of methoxy groups -OCH3 is 1. The van der Waals surface area contributed by atoms with Gasteiger partial charge in [0, 0.05) is 0 Å². The topological polar surface area (TPSA) is 38.7 Å². The van der Waals surface area contributed by atoms with Gasteiger partial charge in [-0.15, -0.1) is 0 Å². The zero-order valence-corrected chi connectivity index (χ0v) is 15.8. The molecule has 0 amide bonds. The van der Waals surface area contributed by atoms with E-state index in [0.717, 1.165) is 12.0 Å². The van der Waals surface area contributed by atoms with Crippen molar-refractivity contribution >= 4 is 19.4 Å². The molecular formula is C19H26O3Se. The first-order valence-electron chi connectivity index (χ1n) is 8.24. The molecule has 1 N–H and O–H groups in total. The number of aliphatic hydroxyl groups is 1. The van der Waals surface area contributed by atoms with Gasteiger partial charge in [0.1, 0.15) is 0 Å². The van der Waals surface area contributed by atoms with Crippen LogP contribution in [0.25, 0.3) is 0 Å². The van der Waals surface area contributed by atoms with E-state index in [4.69, 9.17) is 9.47 Å². The fourth-order valence-corrected chi connectivity index (χ4v) is 7.53. The first-order valence-corrected chi connectivity index (χ1v) is 9.95. The molecule has 2 aliphatic heterocycles. The van der Waals surface area contributed by atoms with Crippen LogP contribution in [0.2, 0.25) is 0 Å². The predicted molar refractivity (Wildman–Crippen MR) is 92.6 cm³/mol. The van der Waals surface area contributed by atoms with Crippen molar-refractivity contribution in [1.82, 2.24) is 0 Å². The molecule has 6 atom stereocenters. The maximum atomic E-state index is 10.2. The van der Waals surface area contributed by atoms with Crippen molar-refractivity contribution in [3.63, 3.8) is 0 Å². The van der Waals surface area contributed by atoms with Gasteiger partial charge in [0.25, 0.3) is 0 Å². The molecule has 3 nitrogen and oxygen atoms in total. The van der Waals surface area contributed by atoms with Crippen LogP contribution < -0.4 is 4.46 Å². The Morgan fingerprint density at radius 3 is 2.70 bits per heavy atom. The molecule has 3 fully saturated rings. The van der Waals surface area contributed by atoms with Crippen molar-refractivity contribution in [2.45, 2.75) is 31.1 Å². The number of hydrogen-bond acceptors (Lipinski definition) is 3. The van der Waals surface area contributed by atoms with Crippen LogP contribution in [0.15, 0.2) is 42.5 Å². The van der Waals surface area contributed by atoms with Crippen molar-refractivity contribution in [2.24, 2.45) is 23.7 Å². The monoisotopic (exact) mass is 382 g/mol.